The first-order chi connectivity index (χ1) is 14.7. The zero-order chi connectivity index (χ0) is 22.3. The lowest BCUT2D eigenvalue weighted by atomic mass is 9.83. The highest BCUT2D eigenvalue weighted by molar-refractivity contribution is 7.14. The number of alkyl halides is 2. The highest BCUT2D eigenvalue weighted by atomic mass is 32.1. The van der Waals surface area contributed by atoms with E-state index in [-0.39, 0.29) is 22.0 Å². The molecule has 3 aromatic rings. The van der Waals surface area contributed by atoms with Crippen LogP contribution in [-0.2, 0) is 0 Å². The summed E-state index contributed by atoms with van der Waals surface area (Å²) >= 11 is 0.811. The van der Waals surface area contributed by atoms with Crippen molar-refractivity contribution in [1.82, 2.24) is 19.9 Å². The maximum atomic E-state index is 14.3. The lowest BCUT2D eigenvalue weighted by Gasteiger charge is -2.36. The quantitative estimate of drug-likeness (QED) is 0.550. The smallest absolute Gasteiger partial charge is 0.280 e. The predicted molar refractivity (Wildman–Crippen MR) is 108 cm³/mol. The van der Waals surface area contributed by atoms with Gasteiger partial charge in [0.05, 0.1) is 41.1 Å². The monoisotopic (exact) mass is 454 g/mol. The summed E-state index contributed by atoms with van der Waals surface area (Å²) in [6, 6.07) is 1.39. The number of nitrogens with one attached hydrogen (secondary N) is 1. The van der Waals surface area contributed by atoms with Crippen LogP contribution < -0.4 is 5.32 Å². The van der Waals surface area contributed by atoms with Crippen LogP contribution in [-0.4, -0.2) is 49.3 Å². The molecule has 0 spiro atoms. The van der Waals surface area contributed by atoms with E-state index in [2.05, 4.69) is 15.4 Å². The Hall–Kier alpha value is -2.50. The Labute approximate surface area is 179 Å². The minimum Gasteiger partial charge on any atom is -0.393 e. The number of hydrogen-bond acceptors (Lipinski definition) is 6. The molecule has 11 heteroatoms. The van der Waals surface area contributed by atoms with Crippen molar-refractivity contribution < 1.29 is 28.2 Å². The van der Waals surface area contributed by atoms with Crippen molar-refractivity contribution in [2.75, 3.05) is 6.61 Å². The van der Waals surface area contributed by atoms with E-state index in [9.17, 15) is 28.2 Å². The van der Waals surface area contributed by atoms with Crippen LogP contribution in [0, 0.1) is 11.7 Å². The Morgan fingerprint density at radius 3 is 2.94 bits per heavy atom. The summed E-state index contributed by atoms with van der Waals surface area (Å²) < 4.78 is 43.4. The fourth-order valence-electron chi connectivity index (χ4n) is 3.92. The Bertz CT molecular complexity index is 1120. The van der Waals surface area contributed by atoms with Crippen molar-refractivity contribution in [2.45, 2.75) is 44.3 Å². The molecule has 0 radical (unpaired) electrons. The van der Waals surface area contributed by atoms with Crippen LogP contribution in [0.15, 0.2) is 24.5 Å². The van der Waals surface area contributed by atoms with E-state index < -0.39 is 42.3 Å². The summed E-state index contributed by atoms with van der Waals surface area (Å²) in [4.78, 5) is 17.3. The highest BCUT2D eigenvalue weighted by Crippen LogP contribution is 2.38. The van der Waals surface area contributed by atoms with Gasteiger partial charge in [-0.2, -0.15) is 5.10 Å². The molecule has 4 rings (SSSR count). The number of aromatic nitrogens is 3. The summed E-state index contributed by atoms with van der Waals surface area (Å²) in [5.41, 5.74) is 1.06. The highest BCUT2D eigenvalue weighted by Gasteiger charge is 2.46. The Morgan fingerprint density at radius 2 is 2.23 bits per heavy atom. The topological polar surface area (TPSA) is 99.8 Å². The van der Waals surface area contributed by atoms with Crippen LogP contribution in [0.4, 0.5) is 13.2 Å². The molecule has 31 heavy (non-hydrogen) atoms. The second-order valence-corrected chi connectivity index (χ2v) is 8.78. The number of halogens is 3. The van der Waals surface area contributed by atoms with E-state index >= 15 is 0 Å². The zero-order valence-electron chi connectivity index (χ0n) is 16.6. The molecule has 0 aliphatic heterocycles. The van der Waals surface area contributed by atoms with Gasteiger partial charge in [-0.15, -0.1) is 11.3 Å². The van der Waals surface area contributed by atoms with E-state index in [1.165, 1.54) is 22.8 Å². The Balaban J connectivity index is 1.71. The zero-order valence-corrected chi connectivity index (χ0v) is 17.4. The third-order valence-electron chi connectivity index (χ3n) is 5.54. The molecule has 1 aliphatic rings. The number of pyridine rings is 1. The summed E-state index contributed by atoms with van der Waals surface area (Å²) in [5.74, 6) is -4.70. The summed E-state index contributed by atoms with van der Waals surface area (Å²) in [6.45, 7) is 1.05. The molecule has 0 aromatic carbocycles. The second kappa shape index (κ2) is 8.21. The molecule has 1 amide bonds. The van der Waals surface area contributed by atoms with Gasteiger partial charge in [0.15, 0.2) is 5.01 Å². The van der Waals surface area contributed by atoms with Crippen LogP contribution in [0.1, 0.15) is 47.0 Å². The van der Waals surface area contributed by atoms with Crippen LogP contribution in [0.5, 0.6) is 0 Å². The number of aliphatic hydroxyl groups excluding tert-OH is 2. The summed E-state index contributed by atoms with van der Waals surface area (Å²) in [5, 5.41) is 26.0. The molecule has 3 aromatic heterocycles. The first-order valence-corrected chi connectivity index (χ1v) is 10.6. The predicted octanol–water partition coefficient (Wildman–Crippen LogP) is 3.18. The molecule has 3 atom stereocenters. The number of nitrogens with zero attached hydrogens (tertiary/aromatic N) is 3. The molecule has 1 saturated carbocycles. The second-order valence-electron chi connectivity index (χ2n) is 7.75. The number of fused-ring (bicyclic) bond motifs is 1. The molecule has 3 heterocycles. The van der Waals surface area contributed by atoms with Crippen molar-refractivity contribution in [1.29, 1.82) is 0 Å². The fourth-order valence-corrected chi connectivity index (χ4v) is 4.88. The van der Waals surface area contributed by atoms with Gasteiger partial charge < -0.3 is 15.5 Å². The van der Waals surface area contributed by atoms with E-state index in [0.717, 1.165) is 17.5 Å². The molecule has 1 fully saturated rings. The van der Waals surface area contributed by atoms with Gasteiger partial charge in [0.1, 0.15) is 11.9 Å². The van der Waals surface area contributed by atoms with Gasteiger partial charge in [0, 0.05) is 12.0 Å². The first kappa shape index (κ1) is 21.7. The Morgan fingerprint density at radius 1 is 1.45 bits per heavy atom. The number of hydrogen-bond donors (Lipinski definition) is 3. The van der Waals surface area contributed by atoms with Gasteiger partial charge in [-0.05, 0) is 30.9 Å². The van der Waals surface area contributed by atoms with Crippen molar-refractivity contribution in [3.63, 3.8) is 0 Å². The van der Waals surface area contributed by atoms with Crippen molar-refractivity contribution in [3.05, 3.63) is 40.2 Å². The standard InChI is InChI=1S/C20H21F3N4O3S/c1-10-3-2-6-20(22,23)17(10)26-18(30)19-25-15(16(31-19)14(29)9-28)12-7-24-27-8-11(21)4-5-13(12)27/h4-5,7-8,10,14,17,28-29H,2-3,6,9H2,1H3,(H,26,30)/t10-,14?,17?/m0/s1. The van der Waals surface area contributed by atoms with Crippen LogP contribution in [0.3, 0.4) is 0 Å². The third-order valence-corrected chi connectivity index (χ3v) is 6.69. The molecule has 7 nitrogen and oxygen atoms in total. The van der Waals surface area contributed by atoms with E-state index in [1.54, 1.807) is 6.92 Å². The van der Waals surface area contributed by atoms with Crippen molar-refractivity contribution in [2.24, 2.45) is 5.92 Å². The Kier molecular flexibility index (Phi) is 5.75. The molecular formula is C20H21F3N4O3S. The lowest BCUT2D eigenvalue weighted by molar-refractivity contribution is -0.0784. The van der Waals surface area contributed by atoms with Gasteiger partial charge in [0.2, 0.25) is 0 Å². The van der Waals surface area contributed by atoms with E-state index in [0.29, 0.717) is 23.9 Å². The number of carbonyl (C=O) groups excluding carboxylic acids is 1. The van der Waals surface area contributed by atoms with Crippen LogP contribution in [0.25, 0.3) is 16.8 Å². The molecular weight excluding hydrogens is 433 g/mol. The number of rotatable bonds is 5. The molecule has 0 saturated heterocycles. The largest absolute Gasteiger partial charge is 0.393 e. The third kappa shape index (κ3) is 4.04. The van der Waals surface area contributed by atoms with Gasteiger partial charge in [0.25, 0.3) is 11.8 Å². The normalized spacial score (nSPS) is 21.9. The molecule has 166 valence electrons. The summed E-state index contributed by atoms with van der Waals surface area (Å²) in [6.07, 6.45) is 1.91. The maximum Gasteiger partial charge on any atom is 0.280 e. The molecule has 3 N–H and O–H groups in total. The van der Waals surface area contributed by atoms with Gasteiger partial charge >= 0.3 is 0 Å². The molecule has 1 aliphatic carbocycles. The van der Waals surface area contributed by atoms with Gasteiger partial charge in [-0.25, -0.2) is 22.7 Å². The molecule has 0 bridgehead atoms. The number of carbonyl (C=O) groups is 1. The lowest BCUT2D eigenvalue weighted by Crippen LogP contribution is -2.53. The van der Waals surface area contributed by atoms with Crippen molar-refractivity contribution in [3.8, 4) is 11.3 Å². The maximum absolute atomic E-state index is 14.3. The first-order valence-electron chi connectivity index (χ1n) is 9.83. The minimum absolute atomic E-state index is 0.118. The van der Waals surface area contributed by atoms with Crippen LogP contribution in [0.2, 0.25) is 0 Å². The average Bonchev–Trinajstić information content (AvgIpc) is 3.33. The van der Waals surface area contributed by atoms with Gasteiger partial charge in [-0.3, -0.25) is 4.79 Å². The average molecular weight is 454 g/mol. The number of aliphatic hydroxyl groups is 2. The molecule has 2 unspecified atom stereocenters. The number of thiazole rings is 1. The SMILES string of the molecule is C[C@H]1CCCC(F)(F)C1NC(=O)c1nc(-c2cnn3cc(F)ccc23)c(C(O)CO)s1. The van der Waals surface area contributed by atoms with Gasteiger partial charge in [-0.1, -0.05) is 6.92 Å². The van der Waals surface area contributed by atoms with E-state index in [4.69, 9.17) is 0 Å². The van der Waals surface area contributed by atoms with Crippen molar-refractivity contribution >= 4 is 22.8 Å². The summed E-state index contributed by atoms with van der Waals surface area (Å²) in [7, 11) is 0. The van der Waals surface area contributed by atoms with Crippen LogP contribution >= 0.6 is 11.3 Å². The fraction of sp³-hybridized carbons (Fsp3) is 0.450. The number of amides is 1. The van der Waals surface area contributed by atoms with E-state index in [1.807, 2.05) is 0 Å². The minimum atomic E-state index is -3.02.